The summed E-state index contributed by atoms with van der Waals surface area (Å²) in [5, 5.41) is 2.73. The molecule has 0 aliphatic rings. The van der Waals surface area contributed by atoms with Gasteiger partial charge in [0.15, 0.2) is 6.61 Å². The third-order valence-corrected chi connectivity index (χ3v) is 3.89. The standard InChI is InChI=1S/C20H23NO3/c1-3-15-10-12-17(13-11-15)21-19(22)14-24-20(23)18(4-2)16-8-6-5-7-9-16/h5-13,18H,3-4,14H2,1-2H3,(H,21,22)/t18-/m0/s1. The predicted molar refractivity (Wildman–Crippen MR) is 94.9 cm³/mol. The van der Waals surface area contributed by atoms with Crippen LogP contribution in [0.4, 0.5) is 5.69 Å². The van der Waals surface area contributed by atoms with Crippen molar-refractivity contribution in [1.82, 2.24) is 0 Å². The van der Waals surface area contributed by atoms with Gasteiger partial charge < -0.3 is 10.1 Å². The highest BCUT2D eigenvalue weighted by molar-refractivity contribution is 5.93. The highest BCUT2D eigenvalue weighted by atomic mass is 16.5. The van der Waals surface area contributed by atoms with Crippen molar-refractivity contribution in [2.75, 3.05) is 11.9 Å². The van der Waals surface area contributed by atoms with E-state index in [9.17, 15) is 9.59 Å². The molecule has 2 aromatic rings. The number of carbonyl (C=O) groups is 2. The Morgan fingerprint density at radius 1 is 1.00 bits per heavy atom. The average molecular weight is 325 g/mol. The Labute approximate surface area is 142 Å². The van der Waals surface area contributed by atoms with E-state index in [4.69, 9.17) is 4.74 Å². The fraction of sp³-hybridized carbons (Fsp3) is 0.300. The molecule has 2 aromatic carbocycles. The molecule has 0 aromatic heterocycles. The van der Waals surface area contributed by atoms with Crippen LogP contribution in [0.1, 0.15) is 37.3 Å². The normalized spacial score (nSPS) is 11.6. The Kier molecular flexibility index (Phi) is 6.55. The van der Waals surface area contributed by atoms with Gasteiger partial charge in [-0.05, 0) is 36.1 Å². The van der Waals surface area contributed by atoms with Crippen molar-refractivity contribution in [3.63, 3.8) is 0 Å². The minimum atomic E-state index is -0.375. The number of anilines is 1. The Bertz CT molecular complexity index is 665. The second kappa shape index (κ2) is 8.87. The first-order valence-electron chi connectivity index (χ1n) is 8.24. The van der Waals surface area contributed by atoms with Gasteiger partial charge in [-0.25, -0.2) is 0 Å². The summed E-state index contributed by atoms with van der Waals surface area (Å²) in [6, 6.07) is 17.1. The van der Waals surface area contributed by atoms with Crippen LogP contribution in [-0.2, 0) is 20.7 Å². The zero-order chi connectivity index (χ0) is 17.4. The number of aryl methyl sites for hydroxylation is 1. The lowest BCUT2D eigenvalue weighted by Gasteiger charge is -2.14. The zero-order valence-electron chi connectivity index (χ0n) is 14.1. The molecule has 126 valence electrons. The van der Waals surface area contributed by atoms with Gasteiger partial charge in [-0.1, -0.05) is 56.3 Å². The molecule has 1 atom stereocenters. The van der Waals surface area contributed by atoms with Crippen LogP contribution in [0.15, 0.2) is 54.6 Å². The van der Waals surface area contributed by atoms with Gasteiger partial charge in [-0.3, -0.25) is 9.59 Å². The van der Waals surface area contributed by atoms with E-state index in [1.165, 1.54) is 5.56 Å². The first-order valence-corrected chi connectivity index (χ1v) is 8.24. The molecule has 0 saturated heterocycles. The fourth-order valence-electron chi connectivity index (χ4n) is 2.48. The zero-order valence-corrected chi connectivity index (χ0v) is 14.1. The summed E-state index contributed by atoms with van der Waals surface area (Å²) in [6.45, 7) is 3.72. The number of carbonyl (C=O) groups excluding carboxylic acids is 2. The molecule has 0 radical (unpaired) electrons. The summed E-state index contributed by atoms with van der Waals surface area (Å²) >= 11 is 0. The first kappa shape index (κ1) is 17.7. The molecular formula is C20H23NO3. The molecule has 0 unspecified atom stereocenters. The minimum absolute atomic E-state index is 0.280. The van der Waals surface area contributed by atoms with Crippen LogP contribution in [0.2, 0.25) is 0 Å². The highest BCUT2D eigenvalue weighted by Crippen LogP contribution is 2.20. The van der Waals surface area contributed by atoms with Crippen LogP contribution < -0.4 is 5.32 Å². The van der Waals surface area contributed by atoms with Crippen LogP contribution in [0.25, 0.3) is 0 Å². The predicted octanol–water partition coefficient (Wildman–Crippen LogP) is 3.92. The number of hydrogen-bond donors (Lipinski definition) is 1. The van der Waals surface area contributed by atoms with Crippen molar-refractivity contribution < 1.29 is 14.3 Å². The molecule has 24 heavy (non-hydrogen) atoms. The lowest BCUT2D eigenvalue weighted by Crippen LogP contribution is -2.23. The van der Waals surface area contributed by atoms with Crippen LogP contribution >= 0.6 is 0 Å². The Morgan fingerprint density at radius 2 is 1.67 bits per heavy atom. The smallest absolute Gasteiger partial charge is 0.313 e. The largest absolute Gasteiger partial charge is 0.455 e. The van der Waals surface area contributed by atoms with E-state index in [2.05, 4.69) is 12.2 Å². The van der Waals surface area contributed by atoms with Crippen molar-refractivity contribution in [3.05, 3.63) is 65.7 Å². The molecule has 2 rings (SSSR count). The maximum absolute atomic E-state index is 12.2. The average Bonchev–Trinajstić information content (AvgIpc) is 2.62. The van der Waals surface area contributed by atoms with E-state index in [-0.39, 0.29) is 24.4 Å². The quantitative estimate of drug-likeness (QED) is 0.785. The lowest BCUT2D eigenvalue weighted by molar-refractivity contribution is -0.149. The van der Waals surface area contributed by atoms with Crippen molar-refractivity contribution in [2.45, 2.75) is 32.6 Å². The van der Waals surface area contributed by atoms with Crippen molar-refractivity contribution in [3.8, 4) is 0 Å². The van der Waals surface area contributed by atoms with E-state index < -0.39 is 0 Å². The SMILES string of the molecule is CCc1ccc(NC(=O)COC(=O)[C@@H](CC)c2ccccc2)cc1. The number of benzene rings is 2. The first-order chi connectivity index (χ1) is 11.6. The van der Waals surface area contributed by atoms with Gasteiger partial charge in [-0.15, -0.1) is 0 Å². The summed E-state index contributed by atoms with van der Waals surface area (Å²) in [4.78, 5) is 24.1. The van der Waals surface area contributed by atoms with Crippen LogP contribution in [0, 0.1) is 0 Å². The van der Waals surface area contributed by atoms with Gasteiger partial charge in [-0.2, -0.15) is 0 Å². The molecule has 0 spiro atoms. The van der Waals surface area contributed by atoms with E-state index in [0.29, 0.717) is 12.1 Å². The third kappa shape index (κ3) is 4.95. The molecule has 4 heteroatoms. The van der Waals surface area contributed by atoms with Gasteiger partial charge in [0.2, 0.25) is 0 Å². The Hall–Kier alpha value is -2.62. The maximum atomic E-state index is 12.2. The van der Waals surface area contributed by atoms with Crippen molar-refractivity contribution in [1.29, 1.82) is 0 Å². The van der Waals surface area contributed by atoms with Gasteiger partial charge >= 0.3 is 5.97 Å². The summed E-state index contributed by atoms with van der Waals surface area (Å²) < 4.78 is 5.18. The molecule has 1 N–H and O–H groups in total. The van der Waals surface area contributed by atoms with E-state index in [1.54, 1.807) is 0 Å². The minimum Gasteiger partial charge on any atom is -0.455 e. The van der Waals surface area contributed by atoms with Crippen molar-refractivity contribution >= 4 is 17.6 Å². The van der Waals surface area contributed by atoms with E-state index in [1.807, 2.05) is 61.5 Å². The maximum Gasteiger partial charge on any atom is 0.313 e. The molecule has 0 heterocycles. The van der Waals surface area contributed by atoms with Gasteiger partial charge in [0.05, 0.1) is 5.92 Å². The number of esters is 1. The summed E-state index contributed by atoms with van der Waals surface area (Å²) in [5.74, 6) is -1.06. The lowest BCUT2D eigenvalue weighted by atomic mass is 9.97. The number of rotatable bonds is 7. The molecule has 0 bridgehead atoms. The Morgan fingerprint density at radius 3 is 2.25 bits per heavy atom. The van der Waals surface area contributed by atoms with Crippen molar-refractivity contribution in [2.24, 2.45) is 0 Å². The highest BCUT2D eigenvalue weighted by Gasteiger charge is 2.20. The number of amides is 1. The van der Waals surface area contributed by atoms with Crippen LogP contribution in [-0.4, -0.2) is 18.5 Å². The molecule has 0 fully saturated rings. The number of hydrogen-bond acceptors (Lipinski definition) is 3. The van der Waals surface area contributed by atoms with Crippen LogP contribution in [0.3, 0.4) is 0 Å². The topological polar surface area (TPSA) is 55.4 Å². The van der Waals surface area contributed by atoms with E-state index >= 15 is 0 Å². The van der Waals surface area contributed by atoms with Gasteiger partial charge in [0, 0.05) is 5.69 Å². The molecular weight excluding hydrogens is 302 g/mol. The Balaban J connectivity index is 1.86. The summed E-state index contributed by atoms with van der Waals surface area (Å²) in [5.41, 5.74) is 2.80. The summed E-state index contributed by atoms with van der Waals surface area (Å²) in [7, 11) is 0. The summed E-state index contributed by atoms with van der Waals surface area (Å²) in [6.07, 6.45) is 1.58. The fourth-order valence-corrected chi connectivity index (χ4v) is 2.48. The molecule has 0 aliphatic carbocycles. The molecule has 4 nitrogen and oxygen atoms in total. The molecule has 0 aliphatic heterocycles. The third-order valence-electron chi connectivity index (χ3n) is 3.89. The molecule has 1 amide bonds. The van der Waals surface area contributed by atoms with Crippen LogP contribution in [0.5, 0.6) is 0 Å². The monoisotopic (exact) mass is 325 g/mol. The second-order valence-electron chi connectivity index (χ2n) is 5.58. The number of nitrogens with one attached hydrogen (secondary N) is 1. The van der Waals surface area contributed by atoms with E-state index in [0.717, 1.165) is 12.0 Å². The molecule has 0 saturated carbocycles. The van der Waals surface area contributed by atoms with Gasteiger partial charge in [0.1, 0.15) is 0 Å². The van der Waals surface area contributed by atoms with Gasteiger partial charge in [0.25, 0.3) is 5.91 Å². The number of ether oxygens (including phenoxy) is 1. The second-order valence-corrected chi connectivity index (χ2v) is 5.58.